The molecule has 1 aliphatic rings. The van der Waals surface area contributed by atoms with Gasteiger partial charge in [0.25, 0.3) is 5.91 Å². The molecule has 29 heavy (non-hydrogen) atoms. The standard InChI is InChI=1S/C18H17F3N4O4/c19-18(20,21)13-3-1-4-14(11-13)23-7-9-24(10-8-23)16(26)12-29-15-5-2-6-22-17(15)25(27)28/h1-6,11H,7-10,12H2. The highest BCUT2D eigenvalue weighted by molar-refractivity contribution is 5.78. The van der Waals surface area contributed by atoms with Crippen LogP contribution in [0.15, 0.2) is 42.6 Å². The maximum atomic E-state index is 12.9. The van der Waals surface area contributed by atoms with E-state index in [0.29, 0.717) is 31.9 Å². The van der Waals surface area contributed by atoms with Gasteiger partial charge in [-0.05, 0) is 40.2 Å². The van der Waals surface area contributed by atoms with Gasteiger partial charge in [-0.25, -0.2) is 0 Å². The Morgan fingerprint density at radius 3 is 2.55 bits per heavy atom. The highest BCUT2D eigenvalue weighted by Crippen LogP contribution is 2.32. The average Bonchev–Trinajstić information content (AvgIpc) is 2.71. The quantitative estimate of drug-likeness (QED) is 0.556. The molecule has 8 nitrogen and oxygen atoms in total. The summed E-state index contributed by atoms with van der Waals surface area (Å²) in [7, 11) is 0. The number of anilines is 1. The number of halogens is 3. The number of aromatic nitrogens is 1. The van der Waals surface area contributed by atoms with Crippen LogP contribution >= 0.6 is 0 Å². The number of hydrogen-bond acceptors (Lipinski definition) is 6. The van der Waals surface area contributed by atoms with Gasteiger partial charge in [-0.1, -0.05) is 6.07 Å². The Hall–Kier alpha value is -3.37. The van der Waals surface area contributed by atoms with Crippen molar-refractivity contribution in [2.24, 2.45) is 0 Å². The van der Waals surface area contributed by atoms with E-state index in [1.807, 2.05) is 0 Å². The molecule has 0 bridgehead atoms. The van der Waals surface area contributed by atoms with Crippen LogP contribution < -0.4 is 9.64 Å². The van der Waals surface area contributed by atoms with Crippen LogP contribution in [0.5, 0.6) is 5.75 Å². The van der Waals surface area contributed by atoms with Crippen molar-refractivity contribution in [3.05, 3.63) is 58.3 Å². The molecule has 1 aromatic heterocycles. The van der Waals surface area contributed by atoms with Gasteiger partial charge in [-0.15, -0.1) is 0 Å². The molecule has 2 aromatic rings. The minimum absolute atomic E-state index is 0.103. The second kappa shape index (κ2) is 8.33. The Morgan fingerprint density at radius 1 is 1.17 bits per heavy atom. The van der Waals surface area contributed by atoms with Gasteiger partial charge in [0, 0.05) is 31.9 Å². The van der Waals surface area contributed by atoms with Gasteiger partial charge >= 0.3 is 12.0 Å². The molecule has 1 aliphatic heterocycles. The summed E-state index contributed by atoms with van der Waals surface area (Å²) in [6.07, 6.45) is -3.17. The van der Waals surface area contributed by atoms with E-state index in [1.165, 1.54) is 29.3 Å². The number of ether oxygens (including phenoxy) is 1. The number of pyridine rings is 1. The normalized spacial score (nSPS) is 14.6. The first-order chi connectivity index (χ1) is 13.8. The summed E-state index contributed by atoms with van der Waals surface area (Å²) >= 11 is 0. The van der Waals surface area contributed by atoms with Crippen molar-refractivity contribution < 1.29 is 27.6 Å². The van der Waals surface area contributed by atoms with Crippen molar-refractivity contribution in [2.75, 3.05) is 37.7 Å². The fourth-order valence-corrected chi connectivity index (χ4v) is 2.96. The Bertz CT molecular complexity index is 899. The number of rotatable bonds is 5. The van der Waals surface area contributed by atoms with Gasteiger partial charge in [0.2, 0.25) is 5.75 Å². The van der Waals surface area contributed by atoms with Gasteiger partial charge in [0.1, 0.15) is 6.20 Å². The molecule has 1 amide bonds. The van der Waals surface area contributed by atoms with E-state index in [2.05, 4.69) is 4.98 Å². The fourth-order valence-electron chi connectivity index (χ4n) is 2.96. The molecule has 154 valence electrons. The minimum Gasteiger partial charge on any atom is -0.476 e. The molecule has 11 heteroatoms. The molecular weight excluding hydrogens is 393 g/mol. The predicted octanol–water partition coefficient (Wildman–Crippen LogP) is 2.74. The molecular formula is C18H17F3N4O4. The average molecular weight is 410 g/mol. The molecule has 0 N–H and O–H groups in total. The van der Waals surface area contributed by atoms with E-state index in [-0.39, 0.29) is 11.7 Å². The fraction of sp³-hybridized carbons (Fsp3) is 0.333. The van der Waals surface area contributed by atoms with Crippen LogP contribution in [0.4, 0.5) is 24.7 Å². The SMILES string of the molecule is O=C(COc1cccnc1[N+](=O)[O-])N1CCN(c2cccc(C(F)(F)F)c2)CC1. The molecule has 0 aliphatic carbocycles. The number of carbonyl (C=O) groups is 1. The highest BCUT2D eigenvalue weighted by atomic mass is 19.4. The summed E-state index contributed by atoms with van der Waals surface area (Å²) in [4.78, 5) is 29.4. The molecule has 1 fully saturated rings. The van der Waals surface area contributed by atoms with Gasteiger partial charge in [0.05, 0.1) is 5.56 Å². The van der Waals surface area contributed by atoms with Crippen LogP contribution in [-0.4, -0.2) is 53.5 Å². The first-order valence-corrected chi connectivity index (χ1v) is 8.68. The molecule has 0 saturated carbocycles. The summed E-state index contributed by atoms with van der Waals surface area (Å²) in [5.41, 5.74) is -0.283. The highest BCUT2D eigenvalue weighted by Gasteiger charge is 2.31. The molecule has 1 aromatic carbocycles. The number of nitrogens with zero attached hydrogens (tertiary/aromatic N) is 4. The zero-order chi connectivity index (χ0) is 21.0. The van der Waals surface area contributed by atoms with Crippen LogP contribution in [0.25, 0.3) is 0 Å². The van der Waals surface area contributed by atoms with Crippen LogP contribution in [0.2, 0.25) is 0 Å². The number of hydrogen-bond donors (Lipinski definition) is 0. The summed E-state index contributed by atoms with van der Waals surface area (Å²) < 4.78 is 43.9. The Balaban J connectivity index is 1.56. The third-order valence-corrected chi connectivity index (χ3v) is 4.45. The van der Waals surface area contributed by atoms with Gasteiger partial charge < -0.3 is 24.7 Å². The summed E-state index contributed by atoms with van der Waals surface area (Å²) in [6, 6.07) is 7.85. The van der Waals surface area contributed by atoms with Crippen molar-refractivity contribution in [1.82, 2.24) is 9.88 Å². The van der Waals surface area contributed by atoms with Gasteiger partial charge in [0.15, 0.2) is 6.61 Å². The lowest BCUT2D eigenvalue weighted by Crippen LogP contribution is -2.50. The Labute approximate surface area is 163 Å². The molecule has 1 saturated heterocycles. The van der Waals surface area contributed by atoms with Crippen molar-refractivity contribution >= 4 is 17.4 Å². The largest absolute Gasteiger partial charge is 0.476 e. The number of carbonyl (C=O) groups excluding carboxylic acids is 1. The number of nitro groups is 1. The topological polar surface area (TPSA) is 88.8 Å². The van der Waals surface area contributed by atoms with E-state index in [0.717, 1.165) is 12.1 Å². The summed E-state index contributed by atoms with van der Waals surface area (Å²) in [5, 5.41) is 10.9. The third-order valence-electron chi connectivity index (χ3n) is 4.45. The second-order valence-corrected chi connectivity index (χ2v) is 6.29. The maximum Gasteiger partial charge on any atom is 0.416 e. The second-order valence-electron chi connectivity index (χ2n) is 6.29. The van der Waals surface area contributed by atoms with E-state index in [4.69, 9.17) is 4.74 Å². The van der Waals surface area contributed by atoms with Crippen LogP contribution in [0, 0.1) is 10.1 Å². The Kier molecular flexibility index (Phi) is 5.85. The van der Waals surface area contributed by atoms with Gasteiger partial charge in [-0.3, -0.25) is 4.79 Å². The van der Waals surface area contributed by atoms with Crippen LogP contribution in [-0.2, 0) is 11.0 Å². The summed E-state index contributed by atoms with van der Waals surface area (Å²) in [6.45, 7) is 0.928. The maximum absolute atomic E-state index is 12.9. The van der Waals surface area contributed by atoms with Crippen LogP contribution in [0.1, 0.15) is 5.56 Å². The first-order valence-electron chi connectivity index (χ1n) is 8.68. The molecule has 2 heterocycles. The monoisotopic (exact) mass is 410 g/mol. The smallest absolute Gasteiger partial charge is 0.416 e. The van der Waals surface area contributed by atoms with E-state index >= 15 is 0 Å². The number of alkyl halides is 3. The van der Waals surface area contributed by atoms with Crippen LogP contribution in [0.3, 0.4) is 0 Å². The number of piperazine rings is 1. The molecule has 0 unspecified atom stereocenters. The van der Waals surface area contributed by atoms with Crippen molar-refractivity contribution in [2.45, 2.75) is 6.18 Å². The first kappa shape index (κ1) is 20.4. The summed E-state index contributed by atoms with van der Waals surface area (Å²) in [5.74, 6) is -0.949. The number of benzene rings is 1. The zero-order valence-corrected chi connectivity index (χ0v) is 15.1. The lowest BCUT2D eigenvalue weighted by Gasteiger charge is -2.36. The molecule has 0 spiro atoms. The molecule has 0 radical (unpaired) electrons. The third kappa shape index (κ3) is 4.92. The van der Waals surface area contributed by atoms with Crippen molar-refractivity contribution in [3.63, 3.8) is 0 Å². The van der Waals surface area contributed by atoms with E-state index < -0.39 is 29.1 Å². The zero-order valence-electron chi connectivity index (χ0n) is 15.1. The molecule has 3 rings (SSSR count). The minimum atomic E-state index is -4.42. The van der Waals surface area contributed by atoms with Crippen molar-refractivity contribution in [1.29, 1.82) is 0 Å². The lowest BCUT2D eigenvalue weighted by molar-refractivity contribution is -0.390. The molecule has 0 atom stereocenters. The predicted molar refractivity (Wildman–Crippen MR) is 96.6 cm³/mol. The lowest BCUT2D eigenvalue weighted by atomic mass is 10.1. The van der Waals surface area contributed by atoms with Crippen molar-refractivity contribution in [3.8, 4) is 5.75 Å². The van der Waals surface area contributed by atoms with E-state index in [9.17, 15) is 28.1 Å². The Morgan fingerprint density at radius 2 is 1.90 bits per heavy atom. The van der Waals surface area contributed by atoms with Gasteiger partial charge in [-0.2, -0.15) is 13.2 Å². The van der Waals surface area contributed by atoms with E-state index in [1.54, 1.807) is 11.0 Å². The number of amides is 1.